The van der Waals surface area contributed by atoms with Crippen LogP contribution >= 0.6 is 0 Å². The lowest BCUT2D eigenvalue weighted by Crippen LogP contribution is -2.53. The molecule has 0 heterocycles. The Morgan fingerprint density at radius 1 is 1.21 bits per heavy atom. The smallest absolute Gasteiger partial charge is 0.227 e. The lowest BCUT2D eigenvalue weighted by atomic mass is 9.49. The molecular weight excluding hydrogens is 354 g/mol. The van der Waals surface area contributed by atoms with E-state index in [1.807, 2.05) is 18.2 Å². The SMILES string of the molecule is CC(C)c1ccc2c(c1)CCC1[C@](C)(CNC(=O)C3C=CC=CC3)CCC[C@]21C. The van der Waals surface area contributed by atoms with E-state index in [0.717, 1.165) is 13.0 Å². The second kappa shape index (κ2) is 7.78. The van der Waals surface area contributed by atoms with Crippen molar-refractivity contribution in [1.29, 1.82) is 0 Å². The fraction of sp³-hybridized carbons (Fsp3) is 0.593. The number of hydrogen-bond acceptors (Lipinski definition) is 1. The summed E-state index contributed by atoms with van der Waals surface area (Å²) in [5.74, 6) is 1.40. The van der Waals surface area contributed by atoms with Crippen LogP contribution in [0.2, 0.25) is 0 Å². The van der Waals surface area contributed by atoms with Crippen molar-refractivity contribution in [2.75, 3.05) is 6.54 Å². The van der Waals surface area contributed by atoms with E-state index < -0.39 is 0 Å². The van der Waals surface area contributed by atoms with Crippen LogP contribution in [0.4, 0.5) is 0 Å². The van der Waals surface area contributed by atoms with Gasteiger partial charge in [0, 0.05) is 6.54 Å². The molecule has 1 aromatic rings. The first-order valence-corrected chi connectivity index (χ1v) is 11.6. The molecule has 1 fully saturated rings. The summed E-state index contributed by atoms with van der Waals surface area (Å²) in [6.45, 7) is 10.3. The van der Waals surface area contributed by atoms with Gasteiger partial charge in [0.05, 0.1) is 5.92 Å². The number of nitrogens with one attached hydrogen (secondary N) is 1. The summed E-state index contributed by atoms with van der Waals surface area (Å²) in [5, 5.41) is 3.34. The number of allylic oxidation sites excluding steroid dienone is 3. The molecule has 1 aromatic carbocycles. The Kier molecular flexibility index (Phi) is 5.48. The fourth-order valence-corrected chi connectivity index (χ4v) is 6.41. The normalized spacial score (nSPS) is 33.3. The Bertz CT molecular complexity index is 835. The van der Waals surface area contributed by atoms with Crippen molar-refractivity contribution < 1.29 is 4.79 Å². The molecule has 2 unspecified atom stereocenters. The van der Waals surface area contributed by atoms with E-state index in [1.165, 1.54) is 37.7 Å². The molecule has 0 aromatic heterocycles. The standard InChI is InChI=1S/C27H37NO/c1-19(2)21-11-13-23-22(17-21)12-14-24-26(3,15-8-16-27(23,24)4)18-28-25(29)20-9-6-5-7-10-20/h5-7,9,11,13,17,19-20,24H,8,10,12,14-16,18H2,1-4H3,(H,28,29)/t20?,24?,26-,27+/m0/s1. The van der Waals surface area contributed by atoms with Gasteiger partial charge in [-0.3, -0.25) is 4.79 Å². The highest BCUT2D eigenvalue weighted by atomic mass is 16.1. The summed E-state index contributed by atoms with van der Waals surface area (Å²) in [6.07, 6.45) is 15.1. The Balaban J connectivity index is 1.54. The number of fused-ring (bicyclic) bond motifs is 3. The predicted molar refractivity (Wildman–Crippen MR) is 121 cm³/mol. The third kappa shape index (κ3) is 3.71. The summed E-state index contributed by atoms with van der Waals surface area (Å²) in [5.41, 5.74) is 5.02. The number of aryl methyl sites for hydroxylation is 1. The first kappa shape index (κ1) is 20.4. The van der Waals surface area contributed by atoms with Crippen LogP contribution < -0.4 is 5.32 Å². The van der Waals surface area contributed by atoms with Crippen molar-refractivity contribution >= 4 is 5.91 Å². The van der Waals surface area contributed by atoms with Gasteiger partial charge in [-0.25, -0.2) is 0 Å². The van der Waals surface area contributed by atoms with E-state index in [-0.39, 0.29) is 22.7 Å². The highest BCUT2D eigenvalue weighted by Gasteiger charge is 2.51. The summed E-state index contributed by atoms with van der Waals surface area (Å²) in [7, 11) is 0. The molecule has 1 amide bonds. The Morgan fingerprint density at radius 2 is 2.03 bits per heavy atom. The number of rotatable bonds is 4. The highest BCUT2D eigenvalue weighted by molar-refractivity contribution is 5.81. The molecule has 3 aliphatic rings. The largest absolute Gasteiger partial charge is 0.355 e. The molecule has 1 N–H and O–H groups in total. The van der Waals surface area contributed by atoms with E-state index in [1.54, 1.807) is 11.1 Å². The first-order valence-electron chi connectivity index (χ1n) is 11.6. The summed E-state index contributed by atoms with van der Waals surface area (Å²) >= 11 is 0. The Morgan fingerprint density at radius 3 is 2.76 bits per heavy atom. The van der Waals surface area contributed by atoms with Gasteiger partial charge in [-0.05, 0) is 71.5 Å². The zero-order valence-electron chi connectivity index (χ0n) is 18.6. The predicted octanol–water partition coefficient (Wildman–Crippen LogP) is 6.07. The second-order valence-corrected chi connectivity index (χ2v) is 10.5. The molecule has 0 saturated heterocycles. The van der Waals surface area contributed by atoms with Gasteiger partial charge < -0.3 is 5.32 Å². The van der Waals surface area contributed by atoms with Gasteiger partial charge in [-0.15, -0.1) is 0 Å². The van der Waals surface area contributed by atoms with E-state index in [0.29, 0.717) is 11.8 Å². The molecule has 3 aliphatic carbocycles. The molecule has 4 rings (SSSR count). The van der Waals surface area contributed by atoms with Gasteiger partial charge >= 0.3 is 0 Å². The third-order valence-corrected chi connectivity index (χ3v) is 8.15. The van der Waals surface area contributed by atoms with E-state index in [2.05, 4.69) is 57.3 Å². The maximum absolute atomic E-state index is 12.7. The minimum absolute atomic E-state index is 0.000102. The summed E-state index contributed by atoms with van der Waals surface area (Å²) in [6, 6.07) is 7.26. The van der Waals surface area contributed by atoms with Gasteiger partial charge in [0.15, 0.2) is 0 Å². The molecule has 2 heteroatoms. The first-order chi connectivity index (χ1) is 13.8. The zero-order chi connectivity index (χ0) is 20.6. The maximum atomic E-state index is 12.7. The van der Waals surface area contributed by atoms with Gasteiger partial charge in [-0.2, -0.15) is 0 Å². The number of amides is 1. The van der Waals surface area contributed by atoms with Gasteiger partial charge in [-0.1, -0.05) is 76.6 Å². The second-order valence-electron chi connectivity index (χ2n) is 10.5. The van der Waals surface area contributed by atoms with E-state index in [4.69, 9.17) is 0 Å². The number of hydrogen-bond donors (Lipinski definition) is 1. The number of benzene rings is 1. The lowest BCUT2D eigenvalue weighted by molar-refractivity contribution is -0.124. The highest BCUT2D eigenvalue weighted by Crippen LogP contribution is 2.57. The summed E-state index contributed by atoms with van der Waals surface area (Å²) < 4.78 is 0. The van der Waals surface area contributed by atoms with Gasteiger partial charge in [0.2, 0.25) is 5.91 Å². The Hall–Kier alpha value is -1.83. The maximum Gasteiger partial charge on any atom is 0.227 e. The zero-order valence-corrected chi connectivity index (χ0v) is 18.6. The van der Waals surface area contributed by atoms with Crippen LogP contribution in [0.25, 0.3) is 0 Å². The topological polar surface area (TPSA) is 29.1 Å². The van der Waals surface area contributed by atoms with Crippen molar-refractivity contribution in [3.05, 3.63) is 59.2 Å². The molecular formula is C27H37NO. The molecule has 1 saturated carbocycles. The van der Waals surface area contributed by atoms with Crippen LogP contribution in [0.15, 0.2) is 42.5 Å². The monoisotopic (exact) mass is 391 g/mol. The van der Waals surface area contributed by atoms with E-state index in [9.17, 15) is 4.79 Å². The molecule has 4 atom stereocenters. The van der Waals surface area contributed by atoms with Crippen molar-refractivity contribution in [1.82, 2.24) is 5.32 Å². The van der Waals surface area contributed by atoms with Crippen molar-refractivity contribution in [3.8, 4) is 0 Å². The number of carbonyl (C=O) groups is 1. The van der Waals surface area contributed by atoms with E-state index >= 15 is 0 Å². The molecule has 0 aliphatic heterocycles. The molecule has 156 valence electrons. The minimum Gasteiger partial charge on any atom is -0.355 e. The molecule has 0 bridgehead atoms. The third-order valence-electron chi connectivity index (χ3n) is 8.15. The fourth-order valence-electron chi connectivity index (χ4n) is 6.41. The van der Waals surface area contributed by atoms with Crippen LogP contribution in [-0.2, 0) is 16.6 Å². The van der Waals surface area contributed by atoms with Crippen LogP contribution in [0.5, 0.6) is 0 Å². The van der Waals surface area contributed by atoms with Crippen molar-refractivity contribution in [3.63, 3.8) is 0 Å². The average Bonchev–Trinajstić information content (AvgIpc) is 2.72. The quantitative estimate of drug-likeness (QED) is 0.663. The van der Waals surface area contributed by atoms with Gasteiger partial charge in [0.25, 0.3) is 0 Å². The minimum atomic E-state index is 0.000102. The average molecular weight is 392 g/mol. The lowest BCUT2D eigenvalue weighted by Gasteiger charge is -2.55. The van der Waals surface area contributed by atoms with Crippen LogP contribution in [0.1, 0.15) is 82.4 Å². The van der Waals surface area contributed by atoms with Crippen LogP contribution in [0, 0.1) is 17.3 Å². The van der Waals surface area contributed by atoms with Crippen molar-refractivity contribution in [2.24, 2.45) is 17.3 Å². The molecule has 29 heavy (non-hydrogen) atoms. The van der Waals surface area contributed by atoms with Crippen LogP contribution in [-0.4, -0.2) is 12.5 Å². The molecule has 0 spiro atoms. The summed E-state index contributed by atoms with van der Waals surface area (Å²) in [4.78, 5) is 12.7. The molecule has 2 nitrogen and oxygen atoms in total. The van der Waals surface area contributed by atoms with Gasteiger partial charge in [0.1, 0.15) is 0 Å². The van der Waals surface area contributed by atoms with Crippen molar-refractivity contribution in [2.45, 2.75) is 77.6 Å². The number of carbonyl (C=O) groups excluding carboxylic acids is 1. The van der Waals surface area contributed by atoms with Crippen LogP contribution in [0.3, 0.4) is 0 Å². The molecule has 0 radical (unpaired) electrons. The Labute approximate surface area is 176 Å².